The highest BCUT2D eigenvalue weighted by molar-refractivity contribution is 7.88. The maximum absolute atomic E-state index is 13.4. The van der Waals surface area contributed by atoms with Gasteiger partial charge in [-0.1, -0.05) is 17.3 Å². The standard InChI is InChI=1S/C14H17FN2O3S/c1-11-4-5-12(7-14(11)15)10-21(18,19)17-6-2-3-13-8-16-20-9-13/h4-5,7-9,17H,2-3,6,10H2,1H3. The molecule has 0 amide bonds. The molecule has 21 heavy (non-hydrogen) atoms. The van der Waals surface area contributed by atoms with Gasteiger partial charge in [0.05, 0.1) is 11.9 Å². The summed E-state index contributed by atoms with van der Waals surface area (Å²) in [6.07, 6.45) is 4.46. The lowest BCUT2D eigenvalue weighted by molar-refractivity contribution is 0.418. The van der Waals surface area contributed by atoms with Crippen LogP contribution in [0.15, 0.2) is 35.2 Å². The molecule has 1 N–H and O–H groups in total. The lowest BCUT2D eigenvalue weighted by atomic mass is 10.2. The minimum Gasteiger partial charge on any atom is -0.364 e. The smallest absolute Gasteiger partial charge is 0.215 e. The average Bonchev–Trinajstić information content (AvgIpc) is 2.92. The first-order chi connectivity index (χ1) is 9.96. The fourth-order valence-electron chi connectivity index (χ4n) is 1.87. The second-order valence-electron chi connectivity index (χ2n) is 4.87. The van der Waals surface area contributed by atoms with Crippen molar-refractivity contribution in [2.75, 3.05) is 6.54 Å². The Kier molecular flexibility index (Phi) is 5.08. The van der Waals surface area contributed by atoms with Crippen LogP contribution in [0.1, 0.15) is 23.1 Å². The maximum atomic E-state index is 13.4. The van der Waals surface area contributed by atoms with Crippen LogP contribution in [0.25, 0.3) is 0 Å². The molecule has 1 aromatic carbocycles. The molecule has 1 heterocycles. The van der Waals surface area contributed by atoms with E-state index in [0.29, 0.717) is 30.5 Å². The molecule has 5 nitrogen and oxygen atoms in total. The summed E-state index contributed by atoms with van der Waals surface area (Å²) in [5, 5.41) is 3.57. The molecule has 0 spiro atoms. The topological polar surface area (TPSA) is 72.2 Å². The lowest BCUT2D eigenvalue weighted by Crippen LogP contribution is -2.26. The molecule has 2 rings (SSSR count). The highest BCUT2D eigenvalue weighted by Crippen LogP contribution is 2.11. The van der Waals surface area contributed by atoms with E-state index in [-0.39, 0.29) is 5.75 Å². The van der Waals surface area contributed by atoms with E-state index in [9.17, 15) is 12.8 Å². The highest BCUT2D eigenvalue weighted by atomic mass is 32.2. The van der Waals surface area contributed by atoms with Gasteiger partial charge < -0.3 is 4.52 Å². The van der Waals surface area contributed by atoms with Crippen LogP contribution in [0.4, 0.5) is 4.39 Å². The second kappa shape index (κ2) is 6.82. The van der Waals surface area contributed by atoms with Crippen molar-refractivity contribution >= 4 is 10.0 Å². The maximum Gasteiger partial charge on any atom is 0.215 e. The number of rotatable bonds is 7. The number of aryl methyl sites for hydroxylation is 2. The molecule has 0 radical (unpaired) electrons. The highest BCUT2D eigenvalue weighted by Gasteiger charge is 2.12. The molecule has 0 aliphatic heterocycles. The van der Waals surface area contributed by atoms with E-state index in [1.54, 1.807) is 25.3 Å². The van der Waals surface area contributed by atoms with Crippen LogP contribution < -0.4 is 4.72 Å². The molecule has 0 aliphatic rings. The third-order valence-electron chi connectivity index (χ3n) is 3.04. The third-order valence-corrected chi connectivity index (χ3v) is 4.40. The van der Waals surface area contributed by atoms with Crippen LogP contribution in [0.3, 0.4) is 0 Å². The lowest BCUT2D eigenvalue weighted by Gasteiger charge is -2.07. The Morgan fingerprint density at radius 1 is 1.33 bits per heavy atom. The predicted molar refractivity (Wildman–Crippen MR) is 76.6 cm³/mol. The Morgan fingerprint density at radius 3 is 2.81 bits per heavy atom. The van der Waals surface area contributed by atoms with Crippen molar-refractivity contribution in [2.45, 2.75) is 25.5 Å². The summed E-state index contributed by atoms with van der Waals surface area (Å²) in [7, 11) is -3.46. The number of sulfonamides is 1. The Labute approximate surface area is 123 Å². The van der Waals surface area contributed by atoms with E-state index in [2.05, 4.69) is 14.4 Å². The summed E-state index contributed by atoms with van der Waals surface area (Å²) in [6, 6.07) is 4.45. The molecule has 0 bridgehead atoms. The van der Waals surface area contributed by atoms with Gasteiger partial charge in [0.15, 0.2) is 0 Å². The van der Waals surface area contributed by atoms with Gasteiger partial charge in [0.2, 0.25) is 10.0 Å². The third kappa shape index (κ3) is 4.95. The van der Waals surface area contributed by atoms with E-state index < -0.39 is 15.8 Å². The molecule has 1 aromatic heterocycles. The summed E-state index contributed by atoms with van der Waals surface area (Å²) in [5.74, 6) is -0.618. The molecule has 0 unspecified atom stereocenters. The summed E-state index contributed by atoms with van der Waals surface area (Å²) < 4.78 is 44.4. The van der Waals surface area contributed by atoms with E-state index in [4.69, 9.17) is 0 Å². The molecule has 0 aliphatic carbocycles. The van der Waals surface area contributed by atoms with Gasteiger partial charge in [-0.3, -0.25) is 0 Å². The average molecular weight is 312 g/mol. The molecule has 7 heteroatoms. The van der Waals surface area contributed by atoms with Gasteiger partial charge in [0, 0.05) is 12.1 Å². The summed E-state index contributed by atoms with van der Waals surface area (Å²) >= 11 is 0. The van der Waals surface area contributed by atoms with Gasteiger partial charge in [-0.25, -0.2) is 17.5 Å². The normalized spacial score (nSPS) is 11.7. The SMILES string of the molecule is Cc1ccc(CS(=O)(=O)NCCCc2cnoc2)cc1F. The van der Waals surface area contributed by atoms with Crippen LogP contribution in [0.2, 0.25) is 0 Å². The van der Waals surface area contributed by atoms with Gasteiger partial charge in [-0.05, 0) is 37.0 Å². The molecular weight excluding hydrogens is 295 g/mol. The molecule has 114 valence electrons. The van der Waals surface area contributed by atoms with Gasteiger partial charge in [-0.15, -0.1) is 0 Å². The molecular formula is C14H17FN2O3S. The van der Waals surface area contributed by atoms with Crippen molar-refractivity contribution in [1.29, 1.82) is 0 Å². The van der Waals surface area contributed by atoms with Crippen molar-refractivity contribution in [2.24, 2.45) is 0 Å². The second-order valence-corrected chi connectivity index (χ2v) is 6.68. The Hall–Kier alpha value is -1.73. The number of nitrogens with zero attached hydrogens (tertiary/aromatic N) is 1. The van der Waals surface area contributed by atoms with E-state index >= 15 is 0 Å². The molecule has 0 saturated carbocycles. The molecule has 2 aromatic rings. The number of halogens is 1. The van der Waals surface area contributed by atoms with Gasteiger partial charge in [0.25, 0.3) is 0 Å². The van der Waals surface area contributed by atoms with Crippen LogP contribution in [-0.2, 0) is 22.2 Å². The largest absolute Gasteiger partial charge is 0.364 e. The first-order valence-electron chi connectivity index (χ1n) is 6.57. The monoisotopic (exact) mass is 312 g/mol. The van der Waals surface area contributed by atoms with E-state index in [1.165, 1.54) is 12.3 Å². The van der Waals surface area contributed by atoms with Crippen LogP contribution in [-0.4, -0.2) is 20.1 Å². The van der Waals surface area contributed by atoms with Gasteiger partial charge in [0.1, 0.15) is 12.1 Å². The fourth-order valence-corrected chi connectivity index (χ4v) is 3.04. The van der Waals surface area contributed by atoms with E-state index in [1.807, 2.05) is 0 Å². The number of benzene rings is 1. The Morgan fingerprint density at radius 2 is 2.14 bits per heavy atom. The zero-order valence-electron chi connectivity index (χ0n) is 11.7. The predicted octanol–water partition coefficient (Wildman–Crippen LogP) is 2.17. The van der Waals surface area contributed by atoms with Crippen molar-refractivity contribution < 1.29 is 17.3 Å². The van der Waals surface area contributed by atoms with Crippen LogP contribution >= 0.6 is 0 Å². The number of hydrogen-bond acceptors (Lipinski definition) is 4. The number of aromatic nitrogens is 1. The molecule has 0 fully saturated rings. The molecule has 0 atom stereocenters. The van der Waals surface area contributed by atoms with Crippen LogP contribution in [0.5, 0.6) is 0 Å². The zero-order chi connectivity index (χ0) is 15.3. The van der Waals surface area contributed by atoms with Crippen molar-refractivity contribution in [3.05, 3.63) is 53.2 Å². The molecule has 0 saturated heterocycles. The first-order valence-corrected chi connectivity index (χ1v) is 8.22. The number of hydrogen-bond donors (Lipinski definition) is 1. The Bertz CT molecular complexity index is 684. The summed E-state index contributed by atoms with van der Waals surface area (Å²) in [5.41, 5.74) is 1.86. The van der Waals surface area contributed by atoms with Crippen molar-refractivity contribution in [3.8, 4) is 0 Å². The van der Waals surface area contributed by atoms with E-state index in [0.717, 1.165) is 5.56 Å². The quantitative estimate of drug-likeness (QED) is 0.795. The van der Waals surface area contributed by atoms with Gasteiger partial charge >= 0.3 is 0 Å². The zero-order valence-corrected chi connectivity index (χ0v) is 12.5. The van der Waals surface area contributed by atoms with Gasteiger partial charge in [-0.2, -0.15) is 0 Å². The first kappa shape index (κ1) is 15.7. The minimum atomic E-state index is -3.46. The number of nitrogens with one attached hydrogen (secondary N) is 1. The van der Waals surface area contributed by atoms with Crippen molar-refractivity contribution in [1.82, 2.24) is 9.88 Å². The van der Waals surface area contributed by atoms with Crippen molar-refractivity contribution in [3.63, 3.8) is 0 Å². The minimum absolute atomic E-state index is 0.225. The summed E-state index contributed by atoms with van der Waals surface area (Å²) in [4.78, 5) is 0. The Balaban J connectivity index is 1.82. The van der Waals surface area contributed by atoms with Crippen LogP contribution in [0, 0.1) is 12.7 Å². The fraction of sp³-hybridized carbons (Fsp3) is 0.357. The summed E-state index contributed by atoms with van der Waals surface area (Å²) in [6.45, 7) is 1.96.